The monoisotopic (exact) mass is 1340 g/mol. The molecular weight excluding hydrogens is 1210 g/mol. The third-order valence-corrected chi connectivity index (χ3v) is 21.9. The van der Waals surface area contributed by atoms with Gasteiger partial charge < -0.3 is 88.2 Å². The van der Waals surface area contributed by atoms with Crippen LogP contribution in [0, 0.1) is 47.3 Å². The number of aliphatic hydroxyl groups excluding tert-OH is 8. The van der Waals surface area contributed by atoms with E-state index in [9.17, 15) is 50.4 Å². The van der Waals surface area contributed by atoms with E-state index in [2.05, 4.69) is 0 Å². The lowest BCUT2D eigenvalue weighted by Crippen LogP contribution is -2.46. The Labute approximate surface area is 563 Å². The van der Waals surface area contributed by atoms with Crippen molar-refractivity contribution in [2.45, 2.75) is 333 Å². The first-order chi connectivity index (χ1) is 44.5. The van der Waals surface area contributed by atoms with Crippen LogP contribution in [0.2, 0.25) is 0 Å². The Morgan fingerprint density at radius 3 is 1.33 bits per heavy atom. The van der Waals surface area contributed by atoms with E-state index in [0.29, 0.717) is 51.4 Å². The normalized spacial score (nSPS) is 41.5. The summed E-state index contributed by atoms with van der Waals surface area (Å²) >= 11 is 0. The molecule has 2 saturated heterocycles. The van der Waals surface area contributed by atoms with Crippen LogP contribution in [0.25, 0.3) is 0 Å². The lowest BCUT2D eigenvalue weighted by atomic mass is 9.78. The zero-order valence-corrected chi connectivity index (χ0v) is 60.0. The number of methoxy groups -OCH3 is 4. The molecule has 0 aromatic carbocycles. The van der Waals surface area contributed by atoms with Crippen LogP contribution >= 0.6 is 0 Å². The van der Waals surface area contributed by atoms with Gasteiger partial charge in [0.25, 0.3) is 0 Å². The maximum Gasteiger partial charge on any atom is 0.333 e. The van der Waals surface area contributed by atoms with Crippen LogP contribution < -0.4 is 0 Å². The van der Waals surface area contributed by atoms with Crippen molar-refractivity contribution < 1.29 is 97.8 Å². The molecule has 544 valence electrons. The highest BCUT2D eigenvalue weighted by Crippen LogP contribution is 2.37. The Morgan fingerprint density at radius 2 is 0.894 bits per heavy atom. The number of fused-ring (bicyclic) bond motifs is 4. The molecule has 5 heterocycles. The molecule has 30 atom stereocenters. The molecule has 0 aliphatic carbocycles. The summed E-state index contributed by atoms with van der Waals surface area (Å²) in [6.45, 7) is 22.1. The molecule has 0 spiro atoms. The highest BCUT2D eigenvalue weighted by molar-refractivity contribution is 5.88. The van der Waals surface area contributed by atoms with E-state index in [1.165, 1.54) is 0 Å². The van der Waals surface area contributed by atoms with Crippen molar-refractivity contribution in [3.63, 3.8) is 0 Å². The van der Waals surface area contributed by atoms with Gasteiger partial charge in [0.1, 0.15) is 12.2 Å². The number of hydrogen-bond acceptors (Lipinski definition) is 20. The van der Waals surface area contributed by atoms with E-state index in [0.717, 1.165) is 25.7 Å². The van der Waals surface area contributed by atoms with Crippen molar-refractivity contribution >= 4 is 11.9 Å². The predicted molar refractivity (Wildman–Crippen MR) is 359 cm³/mol. The quantitative estimate of drug-likeness (QED) is 0.0594. The van der Waals surface area contributed by atoms with Crippen LogP contribution in [0.1, 0.15) is 199 Å². The van der Waals surface area contributed by atoms with Crippen LogP contribution in [0.3, 0.4) is 0 Å². The smallest absolute Gasteiger partial charge is 0.333 e. The molecule has 0 aromatic rings. The van der Waals surface area contributed by atoms with Gasteiger partial charge in [-0.3, -0.25) is 0 Å². The van der Waals surface area contributed by atoms with Crippen molar-refractivity contribution in [2.24, 2.45) is 47.3 Å². The van der Waals surface area contributed by atoms with Gasteiger partial charge in [-0.1, -0.05) is 91.8 Å². The zero-order valence-electron chi connectivity index (χ0n) is 60.0. The number of carbonyl (C=O) groups excluding carboxylic acids is 2. The molecule has 2 fully saturated rings. The van der Waals surface area contributed by atoms with E-state index >= 15 is 0 Å². The molecular formula is C74H128O20. The molecule has 30 unspecified atom stereocenters. The lowest BCUT2D eigenvalue weighted by molar-refractivity contribution is -0.159. The third-order valence-electron chi connectivity index (χ3n) is 21.9. The van der Waals surface area contributed by atoms with Crippen molar-refractivity contribution in [1.82, 2.24) is 0 Å². The minimum atomic E-state index is -1.18. The second-order valence-electron chi connectivity index (χ2n) is 29.5. The number of cyclic esters (lactones) is 2. The van der Waals surface area contributed by atoms with Crippen molar-refractivity contribution in [3.05, 3.63) is 47.6 Å². The van der Waals surface area contributed by atoms with Crippen molar-refractivity contribution in [2.75, 3.05) is 28.4 Å². The van der Waals surface area contributed by atoms with Gasteiger partial charge in [-0.15, -0.1) is 0 Å². The average molecular weight is 1340 g/mol. The number of aliphatic hydroxyl groups is 8. The van der Waals surface area contributed by atoms with Crippen LogP contribution in [0.4, 0.5) is 0 Å². The number of rotatable bonds is 14. The topological polar surface area (TPSA) is 288 Å². The fourth-order valence-electron chi connectivity index (χ4n) is 15.1. The minimum absolute atomic E-state index is 0.0216. The summed E-state index contributed by atoms with van der Waals surface area (Å²) in [5.74, 6) is -5.54. The van der Waals surface area contributed by atoms with Gasteiger partial charge >= 0.3 is 11.9 Å². The highest BCUT2D eigenvalue weighted by Gasteiger charge is 2.43. The van der Waals surface area contributed by atoms with Crippen molar-refractivity contribution in [3.8, 4) is 0 Å². The summed E-state index contributed by atoms with van der Waals surface area (Å²) in [4.78, 5) is 28.3. The highest BCUT2D eigenvalue weighted by atomic mass is 16.6. The molecule has 0 amide bonds. The summed E-state index contributed by atoms with van der Waals surface area (Å²) in [5, 5.41) is 94.5. The molecule has 8 N–H and O–H groups in total. The van der Waals surface area contributed by atoms with Crippen LogP contribution in [0.15, 0.2) is 47.6 Å². The van der Waals surface area contributed by atoms with Crippen LogP contribution in [0.5, 0.6) is 0 Å². The molecule has 0 aromatic heterocycles. The number of carbonyl (C=O) groups is 2. The fraction of sp³-hybridized carbons (Fsp3) is 0.865. The van der Waals surface area contributed by atoms with Gasteiger partial charge in [-0.05, 0) is 129 Å². The van der Waals surface area contributed by atoms with Crippen LogP contribution in [-0.4, -0.2) is 216 Å². The first-order valence-electron chi connectivity index (χ1n) is 35.7. The maximum atomic E-state index is 14.2. The van der Waals surface area contributed by atoms with Gasteiger partial charge in [-0.2, -0.15) is 0 Å². The number of ether oxygens (including phenoxy) is 10. The number of hydrogen-bond donors (Lipinski definition) is 8. The van der Waals surface area contributed by atoms with E-state index in [1.54, 1.807) is 68.3 Å². The number of esters is 2. The molecule has 4 bridgehead atoms. The van der Waals surface area contributed by atoms with E-state index < -0.39 is 133 Å². The second-order valence-corrected chi connectivity index (χ2v) is 29.5. The van der Waals surface area contributed by atoms with E-state index in [1.807, 2.05) is 79.7 Å². The van der Waals surface area contributed by atoms with Gasteiger partial charge in [0.15, 0.2) is 0 Å². The molecule has 5 rings (SSSR count). The predicted octanol–water partition coefficient (Wildman–Crippen LogP) is 9.00. The van der Waals surface area contributed by atoms with Crippen LogP contribution in [-0.2, 0) is 57.0 Å². The summed E-state index contributed by atoms with van der Waals surface area (Å²) in [6, 6.07) is 0. The Balaban J connectivity index is 1.38. The third kappa shape index (κ3) is 25.5. The van der Waals surface area contributed by atoms with Gasteiger partial charge in [0.05, 0.1) is 122 Å². The minimum Gasteiger partial charge on any atom is -0.458 e. The molecule has 0 saturated carbocycles. The molecule has 20 heteroatoms. The Bertz CT molecular complexity index is 2320. The summed E-state index contributed by atoms with van der Waals surface area (Å²) in [7, 11) is 6.56. The summed E-state index contributed by atoms with van der Waals surface area (Å²) in [6.07, 6.45) is 6.61. The lowest BCUT2D eigenvalue weighted by Gasteiger charge is -2.38. The van der Waals surface area contributed by atoms with E-state index in [-0.39, 0.29) is 110 Å². The first kappa shape index (κ1) is 81.9. The summed E-state index contributed by atoms with van der Waals surface area (Å²) in [5.41, 5.74) is 0.519. The Hall–Kier alpha value is -2.74. The van der Waals surface area contributed by atoms with Gasteiger partial charge in [0.2, 0.25) is 0 Å². The van der Waals surface area contributed by atoms with E-state index in [4.69, 9.17) is 47.4 Å². The zero-order chi connectivity index (χ0) is 69.7. The Morgan fingerprint density at radius 1 is 0.479 bits per heavy atom. The van der Waals surface area contributed by atoms with Crippen molar-refractivity contribution in [1.29, 1.82) is 0 Å². The van der Waals surface area contributed by atoms with Gasteiger partial charge in [-0.25, -0.2) is 9.59 Å². The molecule has 94 heavy (non-hydrogen) atoms. The largest absolute Gasteiger partial charge is 0.458 e. The molecule has 5 aliphatic rings. The first-order valence-corrected chi connectivity index (χ1v) is 35.7. The Kier molecular flexibility index (Phi) is 35.3. The summed E-state index contributed by atoms with van der Waals surface area (Å²) < 4.78 is 61.6. The second kappa shape index (κ2) is 40.5. The maximum absolute atomic E-state index is 14.2. The molecule has 20 nitrogen and oxygen atoms in total. The molecule has 5 aliphatic heterocycles. The average Bonchev–Trinajstić information content (AvgIpc) is 0.860. The fourth-order valence-corrected chi connectivity index (χ4v) is 15.1. The van der Waals surface area contributed by atoms with Gasteiger partial charge in [0, 0.05) is 101 Å². The molecule has 0 radical (unpaired) electrons. The SMILES string of the molecule is COC1CC(C)OC(CCC(C)C(O)C(C)C2OC(=O)C(C)=CCC(O)CC3C=CCC(CC(OC)C(C)C(O)CC(O)C(C)C(O)C(C)C(C(C)CCC4CC(OC)CC(C)O4)OC(=O)C(C)=CCC(O)CC4C=CCC(CC(OC)C(C)C(O)CC(O)C2C)O4)O3)C1. The standard InChI is InChI=1S/C74H128O20/c1-41(25-29-59-35-61(85-13)31-45(5)89-59)69(81)51(11)72-50(10)66(80)40-64(78)48(8)68(88-16)38-58-22-18-19-55(92-58)33-53(75)27-23-43(3)73(83)93-71(42(2)26-30-60-36-62(86-14)32-46(6)90-60)52(12)70(82)49(9)65(79)39-63(77)47(7)67(87-15)37-57-21-17-20-56(91-57)34-54(76)28-24-44(4)74(84)94-72/h17-20,23-24,41-42,45-72,75-82H,21-22,25-40H2,1-16H3.